The molecule has 0 unspecified atom stereocenters. The van der Waals surface area contributed by atoms with E-state index in [2.05, 4.69) is 20.5 Å². The Balaban J connectivity index is 1.43. The van der Waals surface area contributed by atoms with Crippen LogP contribution in [0, 0.1) is 6.92 Å². The predicted octanol–water partition coefficient (Wildman–Crippen LogP) is 1.31. The van der Waals surface area contributed by atoms with E-state index in [1.807, 2.05) is 46.4 Å². The van der Waals surface area contributed by atoms with Crippen LogP contribution in [-0.2, 0) is 24.8 Å². The van der Waals surface area contributed by atoms with Crippen LogP contribution >= 0.6 is 0 Å². The fraction of sp³-hybridized carbons (Fsp3) is 0.500. The molecule has 0 saturated carbocycles. The molecule has 0 aliphatic carbocycles. The monoisotopic (exact) mass is 369 g/mol. The molecule has 142 valence electrons. The molecule has 0 N–H and O–H groups in total. The van der Waals surface area contributed by atoms with Gasteiger partial charge in [0.15, 0.2) is 5.82 Å². The van der Waals surface area contributed by atoms with Gasteiger partial charge < -0.3 is 14.0 Å². The number of carbonyl (C=O) groups excluding carboxylic acids is 1. The topological polar surface area (TPSA) is 94.9 Å². The Morgan fingerprint density at radius 1 is 1.37 bits per heavy atom. The Morgan fingerprint density at radius 3 is 3.00 bits per heavy atom. The molecule has 0 spiro atoms. The lowest BCUT2D eigenvalue weighted by molar-refractivity contribution is -0.132. The molecule has 4 heterocycles. The summed E-state index contributed by atoms with van der Waals surface area (Å²) in [6, 6.07) is 3.70. The summed E-state index contributed by atoms with van der Waals surface area (Å²) < 4.78 is 9.03. The van der Waals surface area contributed by atoms with E-state index in [1.54, 1.807) is 6.20 Å². The highest BCUT2D eigenvalue weighted by atomic mass is 16.5. The summed E-state index contributed by atoms with van der Waals surface area (Å²) in [7, 11) is 1.98. The van der Waals surface area contributed by atoms with Crippen molar-refractivity contribution in [2.24, 2.45) is 7.05 Å². The lowest BCUT2D eigenvalue weighted by Crippen LogP contribution is -2.40. The van der Waals surface area contributed by atoms with Crippen molar-refractivity contribution >= 4 is 5.91 Å². The van der Waals surface area contributed by atoms with Gasteiger partial charge in [-0.15, -0.1) is 10.2 Å². The minimum absolute atomic E-state index is 0.0646. The third-order valence-corrected chi connectivity index (χ3v) is 5.00. The molecule has 4 rings (SSSR count). The van der Waals surface area contributed by atoms with Crippen molar-refractivity contribution in [3.8, 4) is 0 Å². The van der Waals surface area contributed by atoms with E-state index < -0.39 is 0 Å². The second-order valence-electron chi connectivity index (χ2n) is 7.03. The molecule has 1 atom stereocenters. The molecule has 3 aromatic rings. The summed E-state index contributed by atoms with van der Waals surface area (Å²) >= 11 is 0. The van der Waals surface area contributed by atoms with Gasteiger partial charge in [0.1, 0.15) is 18.1 Å². The third kappa shape index (κ3) is 3.76. The van der Waals surface area contributed by atoms with Gasteiger partial charge in [-0.25, -0.2) is 0 Å². The van der Waals surface area contributed by atoms with Gasteiger partial charge in [-0.1, -0.05) is 5.16 Å². The molecule has 0 bridgehead atoms. The molecule has 0 aromatic carbocycles. The molecule has 1 saturated heterocycles. The van der Waals surface area contributed by atoms with Crippen molar-refractivity contribution in [1.82, 2.24) is 34.6 Å². The number of rotatable bonds is 5. The van der Waals surface area contributed by atoms with Crippen LogP contribution in [0.15, 0.2) is 29.0 Å². The summed E-state index contributed by atoms with van der Waals surface area (Å²) in [4.78, 5) is 14.5. The third-order valence-electron chi connectivity index (χ3n) is 5.00. The average molecular weight is 369 g/mol. The number of nitrogens with zero attached hydrogens (tertiary/aromatic N) is 7. The molecule has 9 heteroatoms. The van der Waals surface area contributed by atoms with Gasteiger partial charge in [0.25, 0.3) is 0 Å². The van der Waals surface area contributed by atoms with E-state index in [0.29, 0.717) is 18.8 Å². The van der Waals surface area contributed by atoms with E-state index in [9.17, 15) is 4.79 Å². The number of piperidine rings is 1. The zero-order chi connectivity index (χ0) is 18.8. The summed E-state index contributed by atoms with van der Waals surface area (Å²) in [5.41, 5.74) is 0.790. The largest absolute Gasteiger partial charge is 0.361 e. The van der Waals surface area contributed by atoms with Crippen molar-refractivity contribution in [1.29, 1.82) is 0 Å². The highest BCUT2D eigenvalue weighted by Crippen LogP contribution is 2.26. The number of carbonyl (C=O) groups is 1. The molecular weight excluding hydrogens is 346 g/mol. The first-order valence-corrected chi connectivity index (χ1v) is 9.15. The minimum atomic E-state index is 0.0646. The Labute approximate surface area is 157 Å². The van der Waals surface area contributed by atoms with Gasteiger partial charge in [0.2, 0.25) is 5.91 Å². The first-order chi connectivity index (χ1) is 13.1. The molecule has 3 aromatic heterocycles. The van der Waals surface area contributed by atoms with E-state index in [1.165, 1.54) is 0 Å². The van der Waals surface area contributed by atoms with Gasteiger partial charge in [-0.05, 0) is 25.8 Å². The van der Waals surface area contributed by atoms with Gasteiger partial charge >= 0.3 is 0 Å². The van der Waals surface area contributed by atoms with Gasteiger partial charge in [-0.2, -0.15) is 5.10 Å². The van der Waals surface area contributed by atoms with Crippen LogP contribution in [0.25, 0.3) is 0 Å². The molecule has 1 amide bonds. The van der Waals surface area contributed by atoms with Crippen molar-refractivity contribution in [3.63, 3.8) is 0 Å². The van der Waals surface area contributed by atoms with Crippen LogP contribution in [0.4, 0.5) is 0 Å². The van der Waals surface area contributed by atoms with E-state index in [4.69, 9.17) is 4.52 Å². The SMILES string of the molecule is Cc1cc(CC(=O)N2CCC[C@H](c3nnc(Cn4cccn4)n3C)C2)on1. The van der Waals surface area contributed by atoms with Gasteiger partial charge in [0, 0.05) is 44.5 Å². The predicted molar refractivity (Wildman–Crippen MR) is 95.8 cm³/mol. The van der Waals surface area contributed by atoms with Crippen LogP contribution in [-0.4, -0.2) is 53.6 Å². The van der Waals surface area contributed by atoms with Gasteiger partial charge in [-0.3, -0.25) is 9.48 Å². The number of likely N-dealkylation sites (tertiary alicyclic amines) is 1. The smallest absolute Gasteiger partial charge is 0.230 e. The molecule has 27 heavy (non-hydrogen) atoms. The molecular formula is C18H23N7O2. The maximum Gasteiger partial charge on any atom is 0.230 e. The highest BCUT2D eigenvalue weighted by molar-refractivity contribution is 5.78. The number of aromatic nitrogens is 6. The highest BCUT2D eigenvalue weighted by Gasteiger charge is 2.28. The maximum atomic E-state index is 12.6. The zero-order valence-electron chi connectivity index (χ0n) is 15.6. The fourth-order valence-corrected chi connectivity index (χ4v) is 3.58. The summed E-state index contributed by atoms with van der Waals surface area (Å²) in [6.45, 7) is 3.85. The summed E-state index contributed by atoms with van der Waals surface area (Å²) in [5, 5.41) is 16.8. The van der Waals surface area contributed by atoms with Crippen LogP contribution < -0.4 is 0 Å². The van der Waals surface area contributed by atoms with Crippen LogP contribution in [0.5, 0.6) is 0 Å². The van der Waals surface area contributed by atoms with E-state index in [0.717, 1.165) is 36.7 Å². The summed E-state index contributed by atoms with van der Waals surface area (Å²) in [5.74, 6) is 2.64. The van der Waals surface area contributed by atoms with Crippen molar-refractivity contribution < 1.29 is 9.32 Å². The molecule has 0 radical (unpaired) electrons. The maximum absolute atomic E-state index is 12.6. The minimum Gasteiger partial charge on any atom is -0.361 e. The lowest BCUT2D eigenvalue weighted by atomic mass is 9.96. The van der Waals surface area contributed by atoms with Crippen molar-refractivity contribution in [3.05, 3.63) is 47.6 Å². The van der Waals surface area contributed by atoms with Gasteiger partial charge in [0.05, 0.1) is 12.1 Å². The van der Waals surface area contributed by atoms with Crippen LogP contribution in [0.3, 0.4) is 0 Å². The first kappa shape index (κ1) is 17.4. The van der Waals surface area contributed by atoms with E-state index >= 15 is 0 Å². The summed E-state index contributed by atoms with van der Waals surface area (Å²) in [6.07, 6.45) is 5.85. The van der Waals surface area contributed by atoms with Crippen molar-refractivity contribution in [2.75, 3.05) is 13.1 Å². The number of hydrogen-bond acceptors (Lipinski definition) is 6. The Bertz CT molecular complexity index is 912. The number of hydrogen-bond donors (Lipinski definition) is 0. The standard InChI is InChI=1S/C18H23N7O2/c1-13-9-15(27-22-13)10-17(26)24-7-3-5-14(11-24)18-21-20-16(23(18)2)12-25-8-4-6-19-25/h4,6,8-9,14H,3,5,7,10-12H2,1-2H3/t14-/m0/s1. The average Bonchev–Trinajstić information content (AvgIpc) is 3.39. The van der Waals surface area contributed by atoms with Crippen molar-refractivity contribution in [2.45, 2.75) is 38.6 Å². The molecule has 1 aliphatic heterocycles. The Kier molecular flexibility index (Phi) is 4.74. The Morgan fingerprint density at radius 2 is 2.26 bits per heavy atom. The number of amides is 1. The molecule has 1 fully saturated rings. The Hall–Kier alpha value is -2.97. The molecule has 1 aliphatic rings. The zero-order valence-corrected chi connectivity index (χ0v) is 15.6. The second kappa shape index (κ2) is 7.34. The number of aryl methyl sites for hydroxylation is 1. The second-order valence-corrected chi connectivity index (χ2v) is 7.03. The quantitative estimate of drug-likeness (QED) is 0.673. The normalized spacial score (nSPS) is 17.4. The molecule has 9 nitrogen and oxygen atoms in total. The lowest BCUT2D eigenvalue weighted by Gasteiger charge is -2.32. The fourth-order valence-electron chi connectivity index (χ4n) is 3.58. The van der Waals surface area contributed by atoms with E-state index in [-0.39, 0.29) is 18.2 Å². The van der Waals surface area contributed by atoms with Crippen LogP contribution in [0.1, 0.15) is 41.9 Å². The van der Waals surface area contributed by atoms with Crippen LogP contribution in [0.2, 0.25) is 0 Å². The first-order valence-electron chi connectivity index (χ1n) is 9.15.